The lowest BCUT2D eigenvalue weighted by atomic mass is 10.3. The Labute approximate surface area is 95.3 Å². The number of carbonyl (C=O) groups excluding carboxylic acids is 1. The number of carbonyl (C=O) groups is 1. The fourth-order valence-electron chi connectivity index (χ4n) is 1.22. The quantitative estimate of drug-likeness (QED) is 0.704. The number of amides is 1. The van der Waals surface area contributed by atoms with Crippen molar-refractivity contribution < 1.29 is 4.79 Å². The minimum atomic E-state index is -0.160. The average Bonchev–Trinajstić information content (AvgIpc) is 2.29. The summed E-state index contributed by atoms with van der Waals surface area (Å²) >= 11 is 0. The lowest BCUT2D eigenvalue weighted by Gasteiger charge is -2.18. The Morgan fingerprint density at radius 3 is 2.38 bits per heavy atom. The van der Waals surface area contributed by atoms with E-state index >= 15 is 0 Å². The van der Waals surface area contributed by atoms with E-state index in [0.717, 1.165) is 5.69 Å². The van der Waals surface area contributed by atoms with Crippen LogP contribution in [0.15, 0.2) is 37.7 Å². The highest BCUT2D eigenvalue weighted by atomic mass is 16.2. The molecule has 0 bridgehead atoms. The van der Waals surface area contributed by atoms with Crippen molar-refractivity contribution in [1.82, 2.24) is 14.9 Å². The Bertz CT molecular complexity index is 374. The Balaban J connectivity index is 2.84. The molecule has 0 radical (unpaired) electrons. The summed E-state index contributed by atoms with van der Waals surface area (Å²) in [6, 6.07) is 0. The summed E-state index contributed by atoms with van der Waals surface area (Å²) < 4.78 is 0. The predicted molar refractivity (Wildman–Crippen MR) is 63.1 cm³/mol. The molecule has 0 aliphatic carbocycles. The van der Waals surface area contributed by atoms with Crippen molar-refractivity contribution in [2.45, 2.75) is 6.92 Å². The molecular weight excluding hydrogens is 202 g/mol. The van der Waals surface area contributed by atoms with Crippen molar-refractivity contribution in [3.05, 3.63) is 49.1 Å². The van der Waals surface area contributed by atoms with Crippen molar-refractivity contribution in [1.29, 1.82) is 0 Å². The second-order valence-electron chi connectivity index (χ2n) is 3.33. The minimum Gasteiger partial charge on any atom is -0.330 e. The zero-order valence-electron chi connectivity index (χ0n) is 9.39. The topological polar surface area (TPSA) is 46.1 Å². The van der Waals surface area contributed by atoms with Crippen molar-refractivity contribution >= 4 is 5.91 Å². The monoisotopic (exact) mass is 217 g/mol. The first-order valence-electron chi connectivity index (χ1n) is 4.98. The van der Waals surface area contributed by atoms with Gasteiger partial charge in [-0.2, -0.15) is 0 Å². The van der Waals surface area contributed by atoms with E-state index in [1.54, 1.807) is 23.2 Å². The van der Waals surface area contributed by atoms with Crippen LogP contribution in [0.2, 0.25) is 0 Å². The largest absolute Gasteiger partial charge is 0.330 e. The van der Waals surface area contributed by atoms with Gasteiger partial charge in [0.15, 0.2) is 0 Å². The van der Waals surface area contributed by atoms with Crippen molar-refractivity contribution in [3.63, 3.8) is 0 Å². The van der Waals surface area contributed by atoms with Gasteiger partial charge in [0.25, 0.3) is 5.91 Å². The summed E-state index contributed by atoms with van der Waals surface area (Å²) in [6.07, 6.45) is 6.40. The summed E-state index contributed by atoms with van der Waals surface area (Å²) in [4.78, 5) is 21.6. The first kappa shape index (κ1) is 12.1. The SMILES string of the molecule is C=CCN(CC=C)C(=O)c1cnc(C)cn1. The second-order valence-corrected chi connectivity index (χ2v) is 3.33. The zero-order valence-corrected chi connectivity index (χ0v) is 9.39. The molecule has 16 heavy (non-hydrogen) atoms. The standard InChI is InChI=1S/C12H15N3O/c1-4-6-15(7-5-2)12(16)11-9-13-10(3)8-14-11/h4-5,8-9H,1-2,6-7H2,3H3. The first-order valence-corrected chi connectivity index (χ1v) is 4.98. The minimum absolute atomic E-state index is 0.160. The molecule has 0 saturated carbocycles. The van der Waals surface area contributed by atoms with Crippen LogP contribution in [0.3, 0.4) is 0 Å². The molecule has 0 atom stereocenters. The maximum atomic E-state index is 12.0. The molecule has 0 N–H and O–H groups in total. The highest BCUT2D eigenvalue weighted by Gasteiger charge is 2.14. The zero-order chi connectivity index (χ0) is 12.0. The highest BCUT2D eigenvalue weighted by Crippen LogP contribution is 2.01. The van der Waals surface area contributed by atoms with Gasteiger partial charge in [-0.25, -0.2) is 4.98 Å². The van der Waals surface area contributed by atoms with Crippen LogP contribution in [0.1, 0.15) is 16.2 Å². The van der Waals surface area contributed by atoms with Crippen molar-refractivity contribution in [3.8, 4) is 0 Å². The van der Waals surface area contributed by atoms with E-state index in [-0.39, 0.29) is 5.91 Å². The second kappa shape index (κ2) is 5.80. The van der Waals surface area contributed by atoms with Crippen LogP contribution in [0.4, 0.5) is 0 Å². The molecule has 1 aromatic rings. The van der Waals surface area contributed by atoms with Gasteiger partial charge in [-0.3, -0.25) is 9.78 Å². The molecule has 84 valence electrons. The Morgan fingerprint density at radius 1 is 1.31 bits per heavy atom. The molecule has 4 nitrogen and oxygen atoms in total. The normalized spacial score (nSPS) is 9.56. The van der Waals surface area contributed by atoms with E-state index in [4.69, 9.17) is 0 Å². The predicted octanol–water partition coefficient (Wildman–Crippen LogP) is 1.60. The first-order chi connectivity index (χ1) is 7.69. The molecule has 4 heteroatoms. The van der Waals surface area contributed by atoms with Gasteiger partial charge in [0, 0.05) is 19.3 Å². The van der Waals surface area contributed by atoms with Crippen LogP contribution in [0.5, 0.6) is 0 Å². The summed E-state index contributed by atoms with van der Waals surface area (Å²) in [5.74, 6) is -0.160. The molecule has 0 unspecified atom stereocenters. The molecule has 0 aliphatic rings. The van der Waals surface area contributed by atoms with Gasteiger partial charge in [0.2, 0.25) is 0 Å². The number of aromatic nitrogens is 2. The Kier molecular flexibility index (Phi) is 4.39. The Hall–Kier alpha value is -1.97. The van der Waals surface area contributed by atoms with E-state index in [1.165, 1.54) is 6.20 Å². The van der Waals surface area contributed by atoms with E-state index in [9.17, 15) is 4.79 Å². The van der Waals surface area contributed by atoms with Gasteiger partial charge < -0.3 is 4.90 Å². The smallest absolute Gasteiger partial charge is 0.274 e. The molecule has 0 aliphatic heterocycles. The van der Waals surface area contributed by atoms with E-state index in [0.29, 0.717) is 18.8 Å². The van der Waals surface area contributed by atoms with Crippen LogP contribution >= 0.6 is 0 Å². The number of aryl methyl sites for hydroxylation is 1. The molecule has 1 amide bonds. The lowest BCUT2D eigenvalue weighted by Crippen LogP contribution is -2.32. The lowest BCUT2D eigenvalue weighted by molar-refractivity contribution is 0.0784. The fourth-order valence-corrected chi connectivity index (χ4v) is 1.22. The summed E-state index contributed by atoms with van der Waals surface area (Å²) in [5, 5.41) is 0. The molecular formula is C12H15N3O. The van der Waals surface area contributed by atoms with Gasteiger partial charge >= 0.3 is 0 Å². The molecule has 0 fully saturated rings. The van der Waals surface area contributed by atoms with E-state index in [1.807, 2.05) is 6.92 Å². The summed E-state index contributed by atoms with van der Waals surface area (Å²) in [6.45, 7) is 9.99. The maximum absolute atomic E-state index is 12.0. The number of nitrogens with zero attached hydrogens (tertiary/aromatic N) is 3. The number of hydrogen-bond donors (Lipinski definition) is 0. The number of hydrogen-bond acceptors (Lipinski definition) is 3. The molecule has 1 rings (SSSR count). The summed E-state index contributed by atoms with van der Waals surface area (Å²) in [7, 11) is 0. The van der Waals surface area contributed by atoms with Crippen LogP contribution in [-0.2, 0) is 0 Å². The number of rotatable bonds is 5. The molecule has 0 aromatic carbocycles. The van der Waals surface area contributed by atoms with Crippen LogP contribution in [0.25, 0.3) is 0 Å². The van der Waals surface area contributed by atoms with Crippen LogP contribution < -0.4 is 0 Å². The highest BCUT2D eigenvalue weighted by molar-refractivity contribution is 5.92. The third kappa shape index (κ3) is 3.02. The van der Waals surface area contributed by atoms with Crippen LogP contribution in [0, 0.1) is 6.92 Å². The van der Waals surface area contributed by atoms with Gasteiger partial charge in [-0.1, -0.05) is 12.2 Å². The third-order valence-electron chi connectivity index (χ3n) is 1.99. The van der Waals surface area contributed by atoms with E-state index < -0.39 is 0 Å². The van der Waals surface area contributed by atoms with Crippen molar-refractivity contribution in [2.24, 2.45) is 0 Å². The molecule has 0 saturated heterocycles. The van der Waals surface area contributed by atoms with Crippen LogP contribution in [-0.4, -0.2) is 33.9 Å². The average molecular weight is 217 g/mol. The van der Waals surface area contributed by atoms with Gasteiger partial charge in [0.1, 0.15) is 5.69 Å². The van der Waals surface area contributed by atoms with Crippen molar-refractivity contribution in [2.75, 3.05) is 13.1 Å². The maximum Gasteiger partial charge on any atom is 0.274 e. The third-order valence-corrected chi connectivity index (χ3v) is 1.99. The van der Waals surface area contributed by atoms with Gasteiger partial charge in [0.05, 0.1) is 11.9 Å². The summed E-state index contributed by atoms with van der Waals surface area (Å²) in [5.41, 5.74) is 1.13. The van der Waals surface area contributed by atoms with Gasteiger partial charge in [-0.05, 0) is 6.92 Å². The molecule has 0 spiro atoms. The van der Waals surface area contributed by atoms with E-state index in [2.05, 4.69) is 23.1 Å². The molecule has 1 aromatic heterocycles. The van der Waals surface area contributed by atoms with Gasteiger partial charge in [-0.15, -0.1) is 13.2 Å². The molecule has 1 heterocycles. The fraction of sp³-hybridized carbons (Fsp3) is 0.250. The Morgan fingerprint density at radius 2 is 1.94 bits per heavy atom.